The Morgan fingerprint density at radius 3 is 2.56 bits per heavy atom. The minimum atomic E-state index is -0.464. The molecular formula is C25H20N4O3. The van der Waals surface area contributed by atoms with Crippen LogP contribution >= 0.6 is 0 Å². The molecule has 0 saturated carbocycles. The number of para-hydroxylation sites is 2. The molecule has 2 aromatic carbocycles. The Bertz CT molecular complexity index is 1500. The highest BCUT2D eigenvalue weighted by Crippen LogP contribution is 2.25. The van der Waals surface area contributed by atoms with Crippen LogP contribution < -0.4 is 10.7 Å². The second-order valence-electron chi connectivity index (χ2n) is 7.50. The van der Waals surface area contributed by atoms with Gasteiger partial charge in [-0.15, -0.1) is 0 Å². The Morgan fingerprint density at radius 2 is 1.81 bits per heavy atom. The lowest BCUT2D eigenvalue weighted by Gasteiger charge is -2.11. The van der Waals surface area contributed by atoms with E-state index in [2.05, 4.69) is 15.3 Å². The summed E-state index contributed by atoms with van der Waals surface area (Å²) in [5.74, 6) is 0.0431. The van der Waals surface area contributed by atoms with Crippen molar-refractivity contribution in [2.24, 2.45) is 0 Å². The monoisotopic (exact) mass is 424 g/mol. The number of carbonyl (C=O) groups is 1. The molecule has 0 unspecified atom stereocenters. The van der Waals surface area contributed by atoms with Gasteiger partial charge in [-0.1, -0.05) is 12.1 Å². The molecule has 7 nitrogen and oxygen atoms in total. The molecule has 158 valence electrons. The van der Waals surface area contributed by atoms with Gasteiger partial charge in [0.15, 0.2) is 5.58 Å². The summed E-state index contributed by atoms with van der Waals surface area (Å²) < 4.78 is 7.60. The molecular weight excluding hydrogens is 404 g/mol. The lowest BCUT2D eigenvalue weighted by Crippen LogP contribution is -2.24. The van der Waals surface area contributed by atoms with Crippen molar-refractivity contribution in [3.8, 4) is 11.5 Å². The molecule has 7 heteroatoms. The van der Waals surface area contributed by atoms with Gasteiger partial charge in [-0.3, -0.25) is 9.59 Å². The fraction of sp³-hybridized carbons (Fsp3) is 0.120. The molecule has 5 rings (SSSR count). The Labute approximate surface area is 183 Å². The van der Waals surface area contributed by atoms with Gasteiger partial charge in [-0.2, -0.15) is 0 Å². The molecule has 0 fully saturated rings. The van der Waals surface area contributed by atoms with Gasteiger partial charge >= 0.3 is 0 Å². The molecule has 0 aliphatic carbocycles. The summed E-state index contributed by atoms with van der Waals surface area (Å²) in [6.45, 7) is 4.40. The maximum atomic E-state index is 12.9. The summed E-state index contributed by atoms with van der Waals surface area (Å²) >= 11 is 0. The highest BCUT2D eigenvalue weighted by Gasteiger charge is 2.16. The molecule has 0 aliphatic rings. The second-order valence-corrected chi connectivity index (χ2v) is 7.50. The number of benzene rings is 2. The van der Waals surface area contributed by atoms with E-state index >= 15 is 0 Å². The minimum Gasteiger partial charge on any atom is -0.436 e. The fourth-order valence-corrected chi connectivity index (χ4v) is 3.65. The SMILES string of the molecule is CCn1cc(C(=O)Nc2ccc(-c3nc4ccccc4o3)cc2)c(=O)c2ccc(C)nc21. The van der Waals surface area contributed by atoms with Gasteiger partial charge < -0.3 is 14.3 Å². The highest BCUT2D eigenvalue weighted by atomic mass is 16.3. The lowest BCUT2D eigenvalue weighted by atomic mass is 10.1. The first-order valence-corrected chi connectivity index (χ1v) is 10.3. The third kappa shape index (κ3) is 3.43. The van der Waals surface area contributed by atoms with E-state index in [0.29, 0.717) is 34.7 Å². The van der Waals surface area contributed by atoms with Crippen molar-refractivity contribution in [3.63, 3.8) is 0 Å². The summed E-state index contributed by atoms with van der Waals surface area (Å²) in [4.78, 5) is 34.8. The third-order valence-electron chi connectivity index (χ3n) is 5.33. The third-order valence-corrected chi connectivity index (χ3v) is 5.33. The smallest absolute Gasteiger partial charge is 0.261 e. The van der Waals surface area contributed by atoms with E-state index in [-0.39, 0.29) is 11.0 Å². The van der Waals surface area contributed by atoms with E-state index < -0.39 is 5.91 Å². The number of pyridine rings is 2. The molecule has 0 spiro atoms. The first kappa shape index (κ1) is 19.7. The quantitative estimate of drug-likeness (QED) is 0.448. The van der Waals surface area contributed by atoms with Crippen LogP contribution in [-0.4, -0.2) is 20.4 Å². The van der Waals surface area contributed by atoms with Gasteiger partial charge in [0, 0.05) is 29.7 Å². The highest BCUT2D eigenvalue weighted by molar-refractivity contribution is 6.05. The first-order valence-electron chi connectivity index (χ1n) is 10.3. The van der Waals surface area contributed by atoms with Crippen LogP contribution in [0.4, 0.5) is 5.69 Å². The number of fused-ring (bicyclic) bond motifs is 2. The summed E-state index contributed by atoms with van der Waals surface area (Å²) in [7, 11) is 0. The van der Waals surface area contributed by atoms with Crippen LogP contribution in [0.2, 0.25) is 0 Å². The molecule has 0 aliphatic heterocycles. The zero-order chi connectivity index (χ0) is 22.2. The molecule has 0 radical (unpaired) electrons. The molecule has 0 bridgehead atoms. The van der Waals surface area contributed by atoms with Crippen LogP contribution in [0.1, 0.15) is 23.0 Å². The zero-order valence-electron chi connectivity index (χ0n) is 17.6. The number of hydrogen-bond acceptors (Lipinski definition) is 5. The maximum Gasteiger partial charge on any atom is 0.261 e. The van der Waals surface area contributed by atoms with Crippen molar-refractivity contribution in [2.45, 2.75) is 20.4 Å². The van der Waals surface area contributed by atoms with E-state index in [0.717, 1.165) is 16.8 Å². The summed E-state index contributed by atoms with van der Waals surface area (Å²) in [5.41, 5.74) is 4.00. The van der Waals surface area contributed by atoms with Gasteiger partial charge in [-0.25, -0.2) is 9.97 Å². The average molecular weight is 424 g/mol. The van der Waals surface area contributed by atoms with E-state index in [1.807, 2.05) is 54.8 Å². The van der Waals surface area contributed by atoms with Crippen molar-refractivity contribution in [1.82, 2.24) is 14.5 Å². The lowest BCUT2D eigenvalue weighted by molar-refractivity contribution is 0.102. The molecule has 5 aromatic rings. The van der Waals surface area contributed by atoms with Crippen LogP contribution in [0.15, 0.2) is 76.1 Å². The number of anilines is 1. The molecule has 3 aromatic heterocycles. The number of aromatic nitrogens is 3. The number of carbonyl (C=O) groups excluding carboxylic acids is 1. The molecule has 1 amide bonds. The number of nitrogens with zero attached hydrogens (tertiary/aromatic N) is 3. The predicted octanol–water partition coefficient (Wildman–Crippen LogP) is 4.79. The second kappa shape index (κ2) is 7.77. The van der Waals surface area contributed by atoms with Crippen molar-refractivity contribution in [2.75, 3.05) is 5.32 Å². The van der Waals surface area contributed by atoms with Crippen molar-refractivity contribution in [1.29, 1.82) is 0 Å². The molecule has 1 N–H and O–H groups in total. The van der Waals surface area contributed by atoms with Crippen LogP contribution in [0.5, 0.6) is 0 Å². The number of hydrogen-bond donors (Lipinski definition) is 1. The van der Waals surface area contributed by atoms with Gasteiger partial charge in [0.05, 0.1) is 5.39 Å². The average Bonchev–Trinajstić information content (AvgIpc) is 3.24. The first-order chi connectivity index (χ1) is 15.5. The Hall–Kier alpha value is -4.26. The van der Waals surface area contributed by atoms with Crippen molar-refractivity contribution in [3.05, 3.63) is 88.3 Å². The summed E-state index contributed by atoms with van der Waals surface area (Å²) in [6.07, 6.45) is 1.57. The number of amides is 1. The normalized spacial score (nSPS) is 11.2. The standard InChI is InChI=1S/C25H20N4O3/c1-3-29-14-19(22(30)18-13-8-15(2)26-23(18)29)24(31)27-17-11-9-16(10-12-17)25-28-20-6-4-5-7-21(20)32-25/h4-14H,3H2,1-2H3,(H,27,31). The fourth-order valence-electron chi connectivity index (χ4n) is 3.65. The van der Waals surface area contributed by atoms with Crippen LogP contribution in [0, 0.1) is 6.92 Å². The van der Waals surface area contributed by atoms with Crippen LogP contribution in [0.25, 0.3) is 33.6 Å². The maximum absolute atomic E-state index is 12.9. The van der Waals surface area contributed by atoms with E-state index in [9.17, 15) is 9.59 Å². The zero-order valence-corrected chi connectivity index (χ0v) is 17.6. The molecule has 0 atom stereocenters. The number of aryl methyl sites for hydroxylation is 2. The van der Waals surface area contributed by atoms with Crippen molar-refractivity contribution < 1.29 is 9.21 Å². The minimum absolute atomic E-state index is 0.0769. The summed E-state index contributed by atoms with van der Waals surface area (Å²) in [5, 5.41) is 3.24. The molecule has 32 heavy (non-hydrogen) atoms. The number of oxazole rings is 1. The van der Waals surface area contributed by atoms with E-state index in [4.69, 9.17) is 4.42 Å². The van der Waals surface area contributed by atoms with E-state index in [1.165, 1.54) is 0 Å². The largest absolute Gasteiger partial charge is 0.436 e. The van der Waals surface area contributed by atoms with Gasteiger partial charge in [0.25, 0.3) is 5.91 Å². The number of nitrogens with one attached hydrogen (secondary N) is 1. The molecule has 3 heterocycles. The number of rotatable bonds is 4. The van der Waals surface area contributed by atoms with Gasteiger partial charge in [-0.05, 0) is 62.4 Å². The summed E-state index contributed by atoms with van der Waals surface area (Å²) in [6, 6.07) is 18.2. The van der Waals surface area contributed by atoms with Crippen LogP contribution in [-0.2, 0) is 6.54 Å². The van der Waals surface area contributed by atoms with Crippen LogP contribution in [0.3, 0.4) is 0 Å². The Kier molecular flexibility index (Phi) is 4.78. The predicted molar refractivity (Wildman–Crippen MR) is 124 cm³/mol. The van der Waals surface area contributed by atoms with E-state index in [1.54, 1.807) is 30.5 Å². The molecule has 0 saturated heterocycles. The van der Waals surface area contributed by atoms with Crippen molar-refractivity contribution >= 4 is 33.7 Å². The van der Waals surface area contributed by atoms with Gasteiger partial charge in [0.2, 0.25) is 11.3 Å². The topological polar surface area (TPSA) is 90.0 Å². The Balaban J connectivity index is 1.44. The Morgan fingerprint density at radius 1 is 1.03 bits per heavy atom. The van der Waals surface area contributed by atoms with Gasteiger partial charge in [0.1, 0.15) is 16.7 Å².